The molecule has 10 heteroatoms. The maximum atomic E-state index is 12.5. The van der Waals surface area contributed by atoms with Crippen molar-refractivity contribution in [2.75, 3.05) is 18.5 Å². The molecule has 3 aromatic rings. The minimum absolute atomic E-state index is 0.0491. The van der Waals surface area contributed by atoms with Crippen molar-refractivity contribution in [3.8, 4) is 5.88 Å². The van der Waals surface area contributed by atoms with Crippen molar-refractivity contribution in [3.63, 3.8) is 0 Å². The van der Waals surface area contributed by atoms with Crippen LogP contribution in [-0.4, -0.2) is 55.8 Å². The molecule has 0 aliphatic heterocycles. The Morgan fingerprint density at radius 2 is 2.03 bits per heavy atom. The second-order valence-corrected chi connectivity index (χ2v) is 6.36. The lowest BCUT2D eigenvalue weighted by Gasteiger charge is -2.22. The zero-order valence-electron chi connectivity index (χ0n) is 15.8. The number of carbonyl (C=O) groups is 1. The summed E-state index contributed by atoms with van der Waals surface area (Å²) in [6.45, 7) is 1.06. The highest BCUT2D eigenvalue weighted by Gasteiger charge is 2.21. The topological polar surface area (TPSA) is 153 Å². The van der Waals surface area contributed by atoms with E-state index in [0.29, 0.717) is 10.9 Å². The minimum atomic E-state index is -0.814. The van der Waals surface area contributed by atoms with E-state index in [0.717, 1.165) is 5.56 Å². The fourth-order valence-electron chi connectivity index (χ4n) is 2.95. The second kappa shape index (κ2) is 9.32. The fraction of sp³-hybridized carbons (Fsp3) is 0.316. The Morgan fingerprint density at radius 1 is 1.28 bits per heavy atom. The minimum Gasteiger partial charge on any atom is -0.474 e. The Hall–Kier alpha value is -3.21. The van der Waals surface area contributed by atoms with E-state index < -0.39 is 24.8 Å². The first kappa shape index (κ1) is 20.5. The van der Waals surface area contributed by atoms with Gasteiger partial charge in [-0.2, -0.15) is 0 Å². The number of rotatable bonds is 8. The summed E-state index contributed by atoms with van der Waals surface area (Å²) in [7, 11) is 0. The van der Waals surface area contributed by atoms with Gasteiger partial charge >= 0.3 is 6.03 Å². The predicted molar refractivity (Wildman–Crippen MR) is 105 cm³/mol. The molecule has 2 amide bonds. The molecule has 154 valence electrons. The van der Waals surface area contributed by atoms with Gasteiger partial charge in [0.25, 0.3) is 0 Å². The summed E-state index contributed by atoms with van der Waals surface area (Å²) in [6, 6.07) is 9.49. The molecule has 0 saturated heterocycles. The molecule has 29 heavy (non-hydrogen) atoms. The van der Waals surface area contributed by atoms with Gasteiger partial charge in [0.2, 0.25) is 5.88 Å². The molecule has 1 aromatic carbocycles. The first-order chi connectivity index (χ1) is 14.0. The normalized spacial score (nSPS) is 13.1. The zero-order chi connectivity index (χ0) is 20.8. The number of hydrogen-bond donors (Lipinski definition) is 6. The number of carbonyl (C=O) groups excluding carboxylic acids is 1. The van der Waals surface area contributed by atoms with Crippen LogP contribution in [0.1, 0.15) is 24.2 Å². The van der Waals surface area contributed by atoms with E-state index >= 15 is 0 Å². The molecular formula is C19H23N5O5. The Bertz CT molecular complexity index is 960. The van der Waals surface area contributed by atoms with Crippen molar-refractivity contribution in [3.05, 3.63) is 47.7 Å². The number of anilines is 1. The van der Waals surface area contributed by atoms with Crippen LogP contribution < -0.4 is 15.4 Å². The second-order valence-electron chi connectivity index (χ2n) is 6.36. The lowest BCUT2D eigenvalue weighted by molar-refractivity contribution is 0.148. The van der Waals surface area contributed by atoms with Crippen LogP contribution in [0.5, 0.6) is 5.88 Å². The molecule has 2 atom stereocenters. The summed E-state index contributed by atoms with van der Waals surface area (Å²) in [6.07, 6.45) is -0.814. The van der Waals surface area contributed by atoms with Gasteiger partial charge in [-0.1, -0.05) is 30.3 Å². The third kappa shape index (κ3) is 4.80. The van der Waals surface area contributed by atoms with E-state index in [1.165, 1.54) is 0 Å². The van der Waals surface area contributed by atoms with Gasteiger partial charge in [0.15, 0.2) is 0 Å². The molecule has 0 saturated carbocycles. The highest BCUT2D eigenvalue weighted by atomic mass is 16.5. The average Bonchev–Trinajstić information content (AvgIpc) is 3.13. The van der Waals surface area contributed by atoms with E-state index in [2.05, 4.69) is 25.8 Å². The Morgan fingerprint density at radius 3 is 2.69 bits per heavy atom. The largest absolute Gasteiger partial charge is 0.474 e. The van der Waals surface area contributed by atoms with Crippen LogP contribution in [0, 0.1) is 0 Å². The molecule has 0 aliphatic rings. The SMILES string of the molecule is CC(O)C(NC(=O)Nc1cc2[nH]nc(OCCO)c2c(CO)n1)c1ccccc1. The first-order valence-electron chi connectivity index (χ1n) is 9.06. The third-order valence-corrected chi connectivity index (χ3v) is 4.24. The van der Waals surface area contributed by atoms with Crippen LogP contribution in [0.25, 0.3) is 10.9 Å². The lowest BCUT2D eigenvalue weighted by atomic mass is 10.0. The number of fused-ring (bicyclic) bond motifs is 1. The van der Waals surface area contributed by atoms with Gasteiger partial charge < -0.3 is 25.4 Å². The number of nitrogens with one attached hydrogen (secondary N) is 3. The van der Waals surface area contributed by atoms with E-state index in [1.807, 2.05) is 30.3 Å². The summed E-state index contributed by atoms with van der Waals surface area (Å²) in [5.74, 6) is 0.397. The molecule has 3 rings (SSSR count). The van der Waals surface area contributed by atoms with Crippen molar-refractivity contribution in [2.45, 2.75) is 25.7 Å². The number of ether oxygens (including phenoxy) is 1. The standard InChI is InChI=1S/C19H23N5O5/c1-11(27)17(12-5-3-2-4-6-12)22-19(28)21-15-9-13-16(14(10-26)20-15)18(24-23-13)29-8-7-25/h2-6,9,11,17,25-27H,7-8,10H2,1H3,(H,23,24)(H2,20,21,22,28). The third-order valence-electron chi connectivity index (χ3n) is 4.24. The molecule has 2 aromatic heterocycles. The summed E-state index contributed by atoms with van der Waals surface area (Å²) < 4.78 is 5.33. The van der Waals surface area contributed by atoms with Gasteiger partial charge in [0.1, 0.15) is 12.4 Å². The predicted octanol–water partition coefficient (Wildman–Crippen LogP) is 1.06. The molecule has 2 unspecified atom stereocenters. The van der Waals surface area contributed by atoms with Gasteiger partial charge in [0, 0.05) is 6.07 Å². The van der Waals surface area contributed by atoms with Crippen LogP contribution in [-0.2, 0) is 6.61 Å². The molecular weight excluding hydrogens is 378 g/mol. The Labute approximate surface area is 166 Å². The van der Waals surface area contributed by atoms with Crippen molar-refractivity contribution >= 4 is 22.8 Å². The van der Waals surface area contributed by atoms with Gasteiger partial charge in [-0.05, 0) is 12.5 Å². The molecule has 6 N–H and O–H groups in total. The van der Waals surface area contributed by atoms with Crippen molar-refractivity contribution in [1.82, 2.24) is 20.5 Å². The number of benzene rings is 1. The Balaban J connectivity index is 1.79. The molecule has 10 nitrogen and oxygen atoms in total. The van der Waals surface area contributed by atoms with E-state index in [-0.39, 0.29) is 30.6 Å². The number of pyridine rings is 1. The maximum Gasteiger partial charge on any atom is 0.320 e. The Kier molecular flexibility index (Phi) is 6.60. The number of aromatic amines is 1. The number of urea groups is 1. The molecule has 0 bridgehead atoms. The van der Waals surface area contributed by atoms with Gasteiger partial charge in [-0.25, -0.2) is 9.78 Å². The highest BCUT2D eigenvalue weighted by Crippen LogP contribution is 2.28. The highest BCUT2D eigenvalue weighted by molar-refractivity contribution is 5.93. The van der Waals surface area contributed by atoms with Crippen molar-refractivity contribution in [2.24, 2.45) is 0 Å². The summed E-state index contributed by atoms with van der Waals surface area (Å²) >= 11 is 0. The zero-order valence-corrected chi connectivity index (χ0v) is 15.8. The number of aliphatic hydroxyl groups excluding tert-OH is 3. The number of aromatic nitrogens is 3. The summed E-state index contributed by atoms with van der Waals surface area (Å²) in [4.78, 5) is 16.7. The number of H-pyrrole nitrogens is 1. The average molecular weight is 401 g/mol. The first-order valence-corrected chi connectivity index (χ1v) is 9.06. The van der Waals surface area contributed by atoms with Crippen molar-refractivity contribution < 1.29 is 24.9 Å². The summed E-state index contributed by atoms with van der Waals surface area (Å²) in [5.41, 5.74) is 1.52. The van der Waals surface area contributed by atoms with Crippen LogP contribution in [0.15, 0.2) is 36.4 Å². The van der Waals surface area contributed by atoms with Gasteiger partial charge in [-0.3, -0.25) is 10.4 Å². The smallest absolute Gasteiger partial charge is 0.320 e. The van der Waals surface area contributed by atoms with Crippen LogP contribution in [0.4, 0.5) is 10.6 Å². The number of amides is 2. The van der Waals surface area contributed by atoms with Crippen molar-refractivity contribution in [1.29, 1.82) is 0 Å². The summed E-state index contributed by atoms with van der Waals surface area (Å²) in [5, 5.41) is 41.1. The number of aliphatic hydroxyl groups is 3. The molecule has 0 fully saturated rings. The number of hydrogen-bond acceptors (Lipinski definition) is 7. The van der Waals surface area contributed by atoms with Gasteiger partial charge in [0.05, 0.1) is 42.0 Å². The molecule has 0 radical (unpaired) electrons. The molecule has 0 aliphatic carbocycles. The van der Waals surface area contributed by atoms with E-state index in [4.69, 9.17) is 9.84 Å². The maximum absolute atomic E-state index is 12.5. The molecule has 0 spiro atoms. The fourth-order valence-corrected chi connectivity index (χ4v) is 2.95. The van der Waals surface area contributed by atoms with E-state index in [9.17, 15) is 15.0 Å². The quantitative estimate of drug-likeness (QED) is 0.330. The van der Waals surface area contributed by atoms with Gasteiger partial charge in [-0.15, -0.1) is 5.10 Å². The van der Waals surface area contributed by atoms with E-state index in [1.54, 1.807) is 13.0 Å². The van der Waals surface area contributed by atoms with Crippen LogP contribution in [0.3, 0.4) is 0 Å². The monoisotopic (exact) mass is 401 g/mol. The van der Waals surface area contributed by atoms with Crippen LogP contribution >= 0.6 is 0 Å². The number of nitrogens with zero attached hydrogens (tertiary/aromatic N) is 2. The molecule has 2 heterocycles. The van der Waals surface area contributed by atoms with Crippen LogP contribution in [0.2, 0.25) is 0 Å². The lowest BCUT2D eigenvalue weighted by Crippen LogP contribution is -2.38.